The van der Waals surface area contributed by atoms with Crippen LogP contribution >= 0.6 is 0 Å². The quantitative estimate of drug-likeness (QED) is 0.765. The van der Waals surface area contributed by atoms with Gasteiger partial charge in [-0.3, -0.25) is 9.59 Å². The van der Waals surface area contributed by atoms with Gasteiger partial charge < -0.3 is 20.5 Å². The third-order valence-electron chi connectivity index (χ3n) is 3.10. The fourth-order valence-corrected chi connectivity index (χ4v) is 1.87. The minimum Gasteiger partial charge on any atom is -0.491 e. The maximum atomic E-state index is 12.1. The summed E-state index contributed by atoms with van der Waals surface area (Å²) < 4.78 is 10.3. The molecule has 2 aromatic carbocycles. The zero-order valence-corrected chi connectivity index (χ0v) is 12.7. The standard InChI is InChI=1S/C17H18N2O4/c1-22-10-11-23-15-8-4-13(5-9-15)17(21)19-14-6-2-12(3-7-14)16(18)20/h2-9H,10-11H2,1H3,(H2,18,20)(H,19,21). The molecule has 0 heterocycles. The van der Waals surface area contributed by atoms with E-state index in [-0.39, 0.29) is 5.91 Å². The molecule has 2 aromatic rings. The lowest BCUT2D eigenvalue weighted by molar-refractivity contribution is 0.0998. The predicted octanol–water partition coefficient (Wildman–Crippen LogP) is 2.06. The van der Waals surface area contributed by atoms with Crippen molar-refractivity contribution in [1.82, 2.24) is 0 Å². The van der Waals surface area contributed by atoms with E-state index in [0.717, 1.165) is 0 Å². The van der Waals surface area contributed by atoms with Crippen LogP contribution in [-0.4, -0.2) is 32.1 Å². The van der Waals surface area contributed by atoms with E-state index in [1.807, 2.05) is 0 Å². The van der Waals surface area contributed by atoms with Gasteiger partial charge in [-0.1, -0.05) is 0 Å². The summed E-state index contributed by atoms with van der Waals surface area (Å²) in [5.74, 6) is -0.0865. The van der Waals surface area contributed by atoms with Crippen LogP contribution in [0.5, 0.6) is 5.75 Å². The molecule has 0 fully saturated rings. The van der Waals surface area contributed by atoms with Gasteiger partial charge in [0.05, 0.1) is 6.61 Å². The zero-order valence-electron chi connectivity index (χ0n) is 12.7. The van der Waals surface area contributed by atoms with Crippen LogP contribution in [0.25, 0.3) is 0 Å². The Balaban J connectivity index is 1.96. The Kier molecular flexibility index (Phi) is 5.71. The van der Waals surface area contributed by atoms with Crippen molar-refractivity contribution in [3.05, 3.63) is 59.7 Å². The van der Waals surface area contributed by atoms with Crippen molar-refractivity contribution >= 4 is 17.5 Å². The summed E-state index contributed by atoms with van der Waals surface area (Å²) in [6.45, 7) is 0.956. The predicted molar refractivity (Wildman–Crippen MR) is 86.7 cm³/mol. The minimum absolute atomic E-state index is 0.250. The van der Waals surface area contributed by atoms with E-state index in [4.69, 9.17) is 15.2 Å². The maximum absolute atomic E-state index is 12.1. The number of benzene rings is 2. The Hall–Kier alpha value is -2.86. The zero-order chi connectivity index (χ0) is 16.7. The van der Waals surface area contributed by atoms with Crippen molar-refractivity contribution in [2.75, 3.05) is 25.6 Å². The topological polar surface area (TPSA) is 90.7 Å². The van der Waals surface area contributed by atoms with Crippen molar-refractivity contribution in [2.45, 2.75) is 0 Å². The van der Waals surface area contributed by atoms with Crippen LogP contribution in [0.1, 0.15) is 20.7 Å². The van der Waals surface area contributed by atoms with Crippen LogP contribution in [-0.2, 0) is 4.74 Å². The van der Waals surface area contributed by atoms with Gasteiger partial charge in [0.2, 0.25) is 5.91 Å². The van der Waals surface area contributed by atoms with Crippen molar-refractivity contribution in [3.8, 4) is 5.75 Å². The van der Waals surface area contributed by atoms with Gasteiger partial charge in [0.1, 0.15) is 12.4 Å². The van der Waals surface area contributed by atoms with Gasteiger partial charge in [-0.25, -0.2) is 0 Å². The van der Waals surface area contributed by atoms with Gasteiger partial charge >= 0.3 is 0 Å². The van der Waals surface area contributed by atoms with E-state index < -0.39 is 5.91 Å². The van der Waals surface area contributed by atoms with Crippen LogP contribution in [0.2, 0.25) is 0 Å². The molecule has 0 aromatic heterocycles. The molecule has 0 bridgehead atoms. The number of rotatable bonds is 7. The average molecular weight is 314 g/mol. The number of ether oxygens (including phenoxy) is 2. The van der Waals surface area contributed by atoms with Crippen LogP contribution < -0.4 is 15.8 Å². The lowest BCUT2D eigenvalue weighted by atomic mass is 10.1. The van der Waals surface area contributed by atoms with Gasteiger partial charge in [0, 0.05) is 23.9 Å². The fraction of sp³-hybridized carbons (Fsp3) is 0.176. The Bertz CT molecular complexity index is 666. The number of methoxy groups -OCH3 is 1. The summed E-state index contributed by atoms with van der Waals surface area (Å²) in [5, 5.41) is 2.74. The molecule has 23 heavy (non-hydrogen) atoms. The summed E-state index contributed by atoms with van der Waals surface area (Å²) in [4.78, 5) is 23.1. The Morgan fingerprint density at radius 3 is 2.13 bits per heavy atom. The first-order valence-corrected chi connectivity index (χ1v) is 7.03. The smallest absolute Gasteiger partial charge is 0.255 e. The molecule has 0 aliphatic rings. The molecule has 0 unspecified atom stereocenters. The highest BCUT2D eigenvalue weighted by Gasteiger charge is 2.07. The number of amides is 2. The molecule has 0 spiro atoms. The molecule has 0 aliphatic heterocycles. The highest BCUT2D eigenvalue weighted by molar-refractivity contribution is 6.04. The summed E-state index contributed by atoms with van der Waals surface area (Å²) >= 11 is 0. The van der Waals surface area contributed by atoms with E-state index in [1.54, 1.807) is 55.6 Å². The molecule has 0 saturated carbocycles. The maximum Gasteiger partial charge on any atom is 0.255 e. The molecule has 3 N–H and O–H groups in total. The first-order chi connectivity index (χ1) is 11.1. The van der Waals surface area contributed by atoms with Gasteiger partial charge in [0.25, 0.3) is 5.91 Å². The van der Waals surface area contributed by atoms with Gasteiger partial charge in [-0.05, 0) is 48.5 Å². The number of nitrogens with one attached hydrogen (secondary N) is 1. The second-order valence-corrected chi connectivity index (χ2v) is 4.76. The van der Waals surface area contributed by atoms with Crippen molar-refractivity contribution in [1.29, 1.82) is 0 Å². The largest absolute Gasteiger partial charge is 0.491 e. The van der Waals surface area contributed by atoms with E-state index in [2.05, 4.69) is 5.32 Å². The van der Waals surface area contributed by atoms with Crippen LogP contribution in [0.3, 0.4) is 0 Å². The fourth-order valence-electron chi connectivity index (χ4n) is 1.87. The summed E-state index contributed by atoms with van der Waals surface area (Å²) in [7, 11) is 1.60. The molecule has 6 heteroatoms. The third-order valence-corrected chi connectivity index (χ3v) is 3.10. The molecule has 0 aliphatic carbocycles. The van der Waals surface area contributed by atoms with Crippen molar-refractivity contribution in [3.63, 3.8) is 0 Å². The summed E-state index contributed by atoms with van der Waals surface area (Å²) in [5.41, 5.74) is 6.64. The number of nitrogens with two attached hydrogens (primary N) is 1. The second kappa shape index (κ2) is 7.95. The molecule has 2 amide bonds. The van der Waals surface area contributed by atoms with Crippen molar-refractivity contribution < 1.29 is 19.1 Å². The van der Waals surface area contributed by atoms with Crippen LogP contribution in [0.15, 0.2) is 48.5 Å². The molecule has 0 atom stereocenters. The van der Waals surface area contributed by atoms with E-state index in [0.29, 0.717) is 35.8 Å². The van der Waals surface area contributed by atoms with Gasteiger partial charge in [-0.2, -0.15) is 0 Å². The molecule has 2 rings (SSSR count). The minimum atomic E-state index is -0.507. The number of carbonyl (C=O) groups is 2. The lowest BCUT2D eigenvalue weighted by Crippen LogP contribution is -2.13. The van der Waals surface area contributed by atoms with Crippen molar-refractivity contribution in [2.24, 2.45) is 5.73 Å². The number of carbonyl (C=O) groups excluding carboxylic acids is 2. The average Bonchev–Trinajstić information content (AvgIpc) is 2.56. The monoisotopic (exact) mass is 314 g/mol. The molecule has 6 nitrogen and oxygen atoms in total. The second-order valence-electron chi connectivity index (χ2n) is 4.76. The first kappa shape index (κ1) is 16.5. The number of hydrogen-bond acceptors (Lipinski definition) is 4. The third kappa shape index (κ3) is 4.82. The molecular formula is C17H18N2O4. The van der Waals surface area contributed by atoms with E-state index in [1.165, 1.54) is 0 Å². The Morgan fingerprint density at radius 1 is 0.957 bits per heavy atom. The van der Waals surface area contributed by atoms with Crippen LogP contribution in [0, 0.1) is 0 Å². The lowest BCUT2D eigenvalue weighted by Gasteiger charge is -2.08. The highest BCUT2D eigenvalue weighted by Crippen LogP contribution is 2.15. The van der Waals surface area contributed by atoms with Crippen LogP contribution in [0.4, 0.5) is 5.69 Å². The normalized spacial score (nSPS) is 10.1. The van der Waals surface area contributed by atoms with E-state index in [9.17, 15) is 9.59 Å². The van der Waals surface area contributed by atoms with E-state index >= 15 is 0 Å². The number of anilines is 1. The molecular weight excluding hydrogens is 296 g/mol. The first-order valence-electron chi connectivity index (χ1n) is 7.03. The SMILES string of the molecule is COCCOc1ccc(C(=O)Nc2ccc(C(N)=O)cc2)cc1. The molecule has 120 valence electrons. The Labute approximate surface area is 134 Å². The number of hydrogen-bond donors (Lipinski definition) is 2. The highest BCUT2D eigenvalue weighted by atomic mass is 16.5. The number of primary amides is 1. The van der Waals surface area contributed by atoms with Gasteiger partial charge in [-0.15, -0.1) is 0 Å². The van der Waals surface area contributed by atoms with Gasteiger partial charge in [0.15, 0.2) is 0 Å². The Morgan fingerprint density at radius 2 is 1.57 bits per heavy atom. The summed E-state index contributed by atoms with van der Waals surface area (Å²) in [6, 6.07) is 13.2. The molecule has 0 saturated heterocycles. The summed E-state index contributed by atoms with van der Waals surface area (Å²) in [6.07, 6.45) is 0. The molecule has 0 radical (unpaired) electrons.